The molecule has 2 aromatic carbocycles. The molecule has 0 aliphatic heterocycles. The zero-order chi connectivity index (χ0) is 18.7. The number of halogens is 1. The first-order valence-corrected chi connectivity index (χ1v) is 8.56. The van der Waals surface area contributed by atoms with Crippen LogP contribution in [0.1, 0.15) is 13.3 Å². The minimum absolute atomic E-state index is 0.188. The van der Waals surface area contributed by atoms with E-state index in [1.54, 1.807) is 48.5 Å². The van der Waals surface area contributed by atoms with E-state index in [1.165, 1.54) is 6.92 Å². The highest BCUT2D eigenvalue weighted by atomic mass is 35.5. The molecule has 7 heteroatoms. The molecule has 0 aromatic heterocycles. The minimum Gasteiger partial charge on any atom is -0.326 e. The van der Waals surface area contributed by atoms with E-state index in [1.807, 2.05) is 0 Å². The van der Waals surface area contributed by atoms with E-state index >= 15 is 0 Å². The van der Waals surface area contributed by atoms with Crippen molar-refractivity contribution in [1.29, 1.82) is 0 Å². The van der Waals surface area contributed by atoms with Crippen molar-refractivity contribution in [3.8, 4) is 0 Å². The summed E-state index contributed by atoms with van der Waals surface area (Å²) in [6, 6.07) is 13.8. The molecule has 0 bridgehead atoms. The smallest absolute Gasteiger partial charge is 0.228 e. The standard InChI is InChI=1S/C19H18ClN3O3/c1-11(24)21-12-5-4-6-13(9-12)22-18(25)14-10-15(14)19(26)23-17-8-3-2-7-16(17)20/h2-9,14-15H,10H2,1H3,(H,21,24)(H,22,25)(H,23,26). The Bertz CT molecular complexity index is 869. The number of hydrogen-bond donors (Lipinski definition) is 3. The van der Waals surface area contributed by atoms with Crippen LogP contribution in [0.15, 0.2) is 48.5 Å². The number of hydrogen-bond acceptors (Lipinski definition) is 3. The number of carbonyl (C=O) groups is 3. The van der Waals surface area contributed by atoms with Crippen molar-refractivity contribution in [2.75, 3.05) is 16.0 Å². The van der Waals surface area contributed by atoms with Crippen LogP contribution in [-0.2, 0) is 14.4 Å². The quantitative estimate of drug-likeness (QED) is 0.751. The fourth-order valence-corrected chi connectivity index (χ4v) is 2.86. The molecule has 1 aliphatic carbocycles. The van der Waals surface area contributed by atoms with Crippen molar-refractivity contribution in [3.05, 3.63) is 53.6 Å². The molecule has 2 aromatic rings. The lowest BCUT2D eigenvalue weighted by Crippen LogP contribution is -2.20. The van der Waals surface area contributed by atoms with E-state index in [0.29, 0.717) is 28.5 Å². The van der Waals surface area contributed by atoms with Crippen molar-refractivity contribution in [3.63, 3.8) is 0 Å². The lowest BCUT2D eigenvalue weighted by Gasteiger charge is -2.08. The van der Waals surface area contributed by atoms with Gasteiger partial charge in [0.15, 0.2) is 0 Å². The van der Waals surface area contributed by atoms with Crippen LogP contribution in [0.4, 0.5) is 17.1 Å². The average Bonchev–Trinajstić information content (AvgIpc) is 3.37. The van der Waals surface area contributed by atoms with Gasteiger partial charge in [-0.2, -0.15) is 0 Å². The second kappa shape index (κ2) is 7.58. The van der Waals surface area contributed by atoms with E-state index in [9.17, 15) is 14.4 Å². The van der Waals surface area contributed by atoms with Gasteiger partial charge in [0.2, 0.25) is 17.7 Å². The molecular formula is C19H18ClN3O3. The molecule has 1 aliphatic rings. The summed E-state index contributed by atoms with van der Waals surface area (Å²) in [6.45, 7) is 1.41. The predicted molar refractivity (Wildman–Crippen MR) is 101 cm³/mol. The second-order valence-electron chi connectivity index (χ2n) is 6.17. The molecule has 3 amide bonds. The molecule has 26 heavy (non-hydrogen) atoms. The maximum Gasteiger partial charge on any atom is 0.228 e. The summed E-state index contributed by atoms with van der Waals surface area (Å²) in [5.41, 5.74) is 1.70. The van der Waals surface area contributed by atoms with Gasteiger partial charge in [-0.3, -0.25) is 14.4 Å². The minimum atomic E-state index is -0.373. The highest BCUT2D eigenvalue weighted by Gasteiger charge is 2.48. The first kappa shape index (κ1) is 17.9. The zero-order valence-electron chi connectivity index (χ0n) is 14.1. The van der Waals surface area contributed by atoms with E-state index in [4.69, 9.17) is 11.6 Å². The Morgan fingerprint density at radius 3 is 2.15 bits per heavy atom. The molecule has 1 saturated carbocycles. The van der Waals surface area contributed by atoms with E-state index in [2.05, 4.69) is 16.0 Å². The topological polar surface area (TPSA) is 87.3 Å². The summed E-state index contributed by atoms with van der Waals surface area (Å²) in [6.07, 6.45) is 0.494. The number of anilines is 3. The van der Waals surface area contributed by atoms with Crippen LogP contribution in [0.2, 0.25) is 5.02 Å². The third-order valence-electron chi connectivity index (χ3n) is 4.05. The van der Waals surface area contributed by atoms with Crippen molar-refractivity contribution in [2.24, 2.45) is 11.8 Å². The molecule has 3 rings (SSSR count). The SMILES string of the molecule is CC(=O)Nc1cccc(NC(=O)C2CC2C(=O)Nc2ccccc2Cl)c1. The van der Waals surface area contributed by atoms with Gasteiger partial charge < -0.3 is 16.0 Å². The largest absolute Gasteiger partial charge is 0.326 e. The summed E-state index contributed by atoms with van der Waals surface area (Å²) in [7, 11) is 0. The molecule has 1 fully saturated rings. The summed E-state index contributed by atoms with van der Waals surface area (Å²) in [5, 5.41) is 8.65. The lowest BCUT2D eigenvalue weighted by atomic mass is 10.2. The molecule has 6 nitrogen and oxygen atoms in total. The van der Waals surface area contributed by atoms with Crippen LogP contribution >= 0.6 is 11.6 Å². The first-order chi connectivity index (χ1) is 12.4. The van der Waals surface area contributed by atoms with E-state index < -0.39 is 0 Å². The third kappa shape index (κ3) is 4.40. The normalized spacial score (nSPS) is 17.9. The fourth-order valence-electron chi connectivity index (χ4n) is 2.68. The number of benzene rings is 2. The summed E-state index contributed by atoms with van der Waals surface area (Å²) < 4.78 is 0. The Labute approximate surface area is 155 Å². The molecule has 0 heterocycles. The summed E-state index contributed by atoms with van der Waals surface area (Å²) in [5.74, 6) is -1.37. The van der Waals surface area contributed by atoms with Crippen LogP contribution in [-0.4, -0.2) is 17.7 Å². The maximum atomic E-state index is 12.3. The van der Waals surface area contributed by atoms with Crippen molar-refractivity contribution in [1.82, 2.24) is 0 Å². The van der Waals surface area contributed by atoms with Gasteiger partial charge in [-0.1, -0.05) is 29.8 Å². The van der Waals surface area contributed by atoms with Crippen LogP contribution < -0.4 is 16.0 Å². The highest BCUT2D eigenvalue weighted by molar-refractivity contribution is 6.33. The molecule has 134 valence electrons. The predicted octanol–water partition coefficient (Wildman–Crippen LogP) is 3.51. The number of rotatable bonds is 5. The monoisotopic (exact) mass is 371 g/mol. The van der Waals surface area contributed by atoms with Gasteiger partial charge in [-0.15, -0.1) is 0 Å². The lowest BCUT2D eigenvalue weighted by molar-refractivity contribution is -0.122. The summed E-state index contributed by atoms with van der Waals surface area (Å²) >= 11 is 6.03. The number of carbonyl (C=O) groups excluding carboxylic acids is 3. The third-order valence-corrected chi connectivity index (χ3v) is 4.38. The van der Waals surface area contributed by atoms with Gasteiger partial charge in [-0.25, -0.2) is 0 Å². The highest BCUT2D eigenvalue weighted by Crippen LogP contribution is 2.40. The number of amides is 3. The fraction of sp³-hybridized carbons (Fsp3) is 0.211. The number of nitrogens with one attached hydrogen (secondary N) is 3. The zero-order valence-corrected chi connectivity index (χ0v) is 14.8. The average molecular weight is 372 g/mol. The maximum absolute atomic E-state index is 12.3. The Morgan fingerprint density at radius 1 is 0.885 bits per heavy atom. The Balaban J connectivity index is 1.56. The van der Waals surface area contributed by atoms with Gasteiger partial charge in [-0.05, 0) is 36.8 Å². The van der Waals surface area contributed by atoms with Crippen molar-refractivity contribution >= 4 is 46.4 Å². The van der Waals surface area contributed by atoms with E-state index in [0.717, 1.165) is 0 Å². The Kier molecular flexibility index (Phi) is 5.23. The van der Waals surface area contributed by atoms with Crippen LogP contribution in [0.3, 0.4) is 0 Å². The molecular weight excluding hydrogens is 354 g/mol. The molecule has 2 unspecified atom stereocenters. The van der Waals surface area contributed by atoms with Gasteiger partial charge in [0.1, 0.15) is 0 Å². The second-order valence-corrected chi connectivity index (χ2v) is 6.58. The Hall–Kier alpha value is -2.86. The molecule has 3 N–H and O–H groups in total. The molecule has 0 saturated heterocycles. The summed E-state index contributed by atoms with van der Waals surface area (Å²) in [4.78, 5) is 35.7. The number of para-hydroxylation sites is 1. The molecule has 2 atom stereocenters. The molecule has 0 spiro atoms. The van der Waals surface area contributed by atoms with Gasteiger partial charge in [0.25, 0.3) is 0 Å². The Morgan fingerprint density at radius 2 is 1.50 bits per heavy atom. The first-order valence-electron chi connectivity index (χ1n) is 8.18. The van der Waals surface area contributed by atoms with Gasteiger partial charge in [0.05, 0.1) is 22.5 Å². The van der Waals surface area contributed by atoms with Crippen LogP contribution in [0.5, 0.6) is 0 Å². The van der Waals surface area contributed by atoms with Crippen molar-refractivity contribution in [2.45, 2.75) is 13.3 Å². The van der Waals surface area contributed by atoms with Gasteiger partial charge >= 0.3 is 0 Å². The van der Waals surface area contributed by atoms with Crippen molar-refractivity contribution < 1.29 is 14.4 Å². The van der Waals surface area contributed by atoms with Gasteiger partial charge in [0, 0.05) is 18.3 Å². The van der Waals surface area contributed by atoms with Crippen LogP contribution in [0.25, 0.3) is 0 Å². The van der Waals surface area contributed by atoms with E-state index in [-0.39, 0.29) is 29.6 Å². The molecule has 0 radical (unpaired) electrons. The van der Waals surface area contributed by atoms with Crippen LogP contribution in [0, 0.1) is 11.8 Å².